The molecule has 1 heterocycles. The van der Waals surface area contributed by atoms with Crippen molar-refractivity contribution in [3.63, 3.8) is 0 Å². The van der Waals surface area contributed by atoms with E-state index < -0.39 is 17.2 Å². The second kappa shape index (κ2) is 5.25. The smallest absolute Gasteiger partial charge is 0.266 e. The fraction of sp³-hybridized carbons (Fsp3) is 0.200. The third-order valence-corrected chi connectivity index (χ3v) is 3.11. The number of aromatic nitrogens is 1. The molecule has 20 heavy (non-hydrogen) atoms. The Morgan fingerprint density at radius 1 is 1.25 bits per heavy atom. The zero-order valence-electron chi connectivity index (χ0n) is 11.1. The molecule has 0 saturated carbocycles. The number of hydrogen-bond donors (Lipinski definition) is 1. The lowest BCUT2D eigenvalue weighted by molar-refractivity contribution is 0.502. The Hall–Kier alpha value is -2.48. The summed E-state index contributed by atoms with van der Waals surface area (Å²) < 4.78 is 28.0. The van der Waals surface area contributed by atoms with Gasteiger partial charge in [-0.05, 0) is 25.0 Å². The Labute approximate surface area is 114 Å². The summed E-state index contributed by atoms with van der Waals surface area (Å²) in [4.78, 5) is 14.2. The average molecular weight is 274 g/mol. The fourth-order valence-corrected chi connectivity index (χ4v) is 2.08. The molecule has 0 aliphatic heterocycles. The lowest BCUT2D eigenvalue weighted by Gasteiger charge is -2.09. The highest BCUT2D eigenvalue weighted by molar-refractivity contribution is 5.71. The van der Waals surface area contributed by atoms with Crippen molar-refractivity contribution in [2.45, 2.75) is 20.3 Å². The van der Waals surface area contributed by atoms with Crippen molar-refractivity contribution >= 4 is 0 Å². The van der Waals surface area contributed by atoms with Gasteiger partial charge in [-0.3, -0.25) is 4.79 Å². The van der Waals surface area contributed by atoms with Crippen molar-refractivity contribution in [3.05, 3.63) is 57.0 Å². The van der Waals surface area contributed by atoms with Gasteiger partial charge in [0.05, 0.1) is 0 Å². The first-order valence-electron chi connectivity index (χ1n) is 6.10. The number of rotatable bonds is 2. The van der Waals surface area contributed by atoms with Crippen molar-refractivity contribution in [2.75, 3.05) is 0 Å². The fourth-order valence-electron chi connectivity index (χ4n) is 2.08. The third-order valence-electron chi connectivity index (χ3n) is 3.11. The zero-order valence-corrected chi connectivity index (χ0v) is 11.1. The van der Waals surface area contributed by atoms with Crippen LogP contribution in [0.15, 0.2) is 23.0 Å². The van der Waals surface area contributed by atoms with E-state index in [0.717, 1.165) is 0 Å². The molecule has 0 aliphatic rings. The van der Waals surface area contributed by atoms with Gasteiger partial charge in [0, 0.05) is 16.8 Å². The van der Waals surface area contributed by atoms with E-state index in [1.54, 1.807) is 19.9 Å². The van der Waals surface area contributed by atoms with E-state index in [9.17, 15) is 13.6 Å². The number of aryl methyl sites for hydroxylation is 2. The van der Waals surface area contributed by atoms with Crippen molar-refractivity contribution in [1.29, 1.82) is 5.26 Å². The van der Waals surface area contributed by atoms with Gasteiger partial charge >= 0.3 is 0 Å². The molecule has 0 aliphatic carbocycles. The standard InChI is InChI=1S/C15H12F2N2O/c1-3-9-4-5-10(14(17)13(9)16)11-6-8(2)19-15(20)12(11)7-18/h4-6H,3H2,1-2H3,(H,19,20). The van der Waals surface area contributed by atoms with Crippen LogP contribution in [0, 0.1) is 29.9 Å². The van der Waals surface area contributed by atoms with Crippen molar-refractivity contribution in [3.8, 4) is 17.2 Å². The summed E-state index contributed by atoms with van der Waals surface area (Å²) in [5, 5.41) is 9.03. The predicted molar refractivity (Wildman–Crippen MR) is 71.2 cm³/mol. The first kappa shape index (κ1) is 13.9. The van der Waals surface area contributed by atoms with E-state index in [0.29, 0.717) is 12.1 Å². The second-order valence-electron chi connectivity index (χ2n) is 4.44. The Bertz CT molecular complexity index is 773. The zero-order chi connectivity index (χ0) is 14.9. The number of nitrogens with zero attached hydrogens (tertiary/aromatic N) is 1. The quantitative estimate of drug-likeness (QED) is 0.915. The van der Waals surface area contributed by atoms with Gasteiger partial charge in [0.25, 0.3) is 5.56 Å². The molecule has 0 fully saturated rings. The molecule has 0 atom stereocenters. The van der Waals surface area contributed by atoms with Gasteiger partial charge in [-0.2, -0.15) is 5.26 Å². The van der Waals surface area contributed by atoms with E-state index in [2.05, 4.69) is 4.98 Å². The molecular weight excluding hydrogens is 262 g/mol. The van der Waals surface area contributed by atoms with Crippen LogP contribution in [0.25, 0.3) is 11.1 Å². The average Bonchev–Trinajstić information content (AvgIpc) is 2.41. The lowest BCUT2D eigenvalue weighted by Crippen LogP contribution is -2.13. The maximum absolute atomic E-state index is 14.1. The minimum absolute atomic E-state index is 0.0783. The maximum Gasteiger partial charge on any atom is 0.266 e. The van der Waals surface area contributed by atoms with Crippen LogP contribution in [0.5, 0.6) is 0 Å². The summed E-state index contributed by atoms with van der Waals surface area (Å²) in [5.41, 5.74) is -0.0759. The summed E-state index contributed by atoms with van der Waals surface area (Å²) in [6, 6.07) is 6.05. The molecule has 1 N–H and O–H groups in total. The highest BCUT2D eigenvalue weighted by Gasteiger charge is 2.18. The maximum atomic E-state index is 14.1. The van der Waals surface area contributed by atoms with E-state index in [1.807, 2.05) is 0 Å². The normalized spacial score (nSPS) is 10.3. The monoisotopic (exact) mass is 274 g/mol. The van der Waals surface area contributed by atoms with Crippen LogP contribution >= 0.6 is 0 Å². The molecule has 0 bridgehead atoms. The number of H-pyrrole nitrogens is 1. The first-order chi connectivity index (χ1) is 9.49. The SMILES string of the molecule is CCc1ccc(-c2cc(C)[nH]c(=O)c2C#N)c(F)c1F. The predicted octanol–water partition coefficient (Wildman–Crippen LogP) is 3.06. The van der Waals surface area contributed by atoms with Crippen LogP contribution in [-0.4, -0.2) is 4.98 Å². The number of nitriles is 1. The molecule has 0 radical (unpaired) electrons. The van der Waals surface area contributed by atoms with E-state index in [1.165, 1.54) is 18.2 Å². The van der Waals surface area contributed by atoms with Gasteiger partial charge in [-0.15, -0.1) is 0 Å². The van der Waals surface area contributed by atoms with E-state index in [4.69, 9.17) is 5.26 Å². The summed E-state index contributed by atoms with van der Waals surface area (Å²) >= 11 is 0. The number of nitrogens with one attached hydrogen (secondary N) is 1. The van der Waals surface area contributed by atoms with Gasteiger partial charge in [0.15, 0.2) is 11.6 Å². The third kappa shape index (κ3) is 2.21. The number of benzene rings is 1. The summed E-state index contributed by atoms with van der Waals surface area (Å²) in [7, 11) is 0. The molecule has 2 rings (SSSR count). The molecule has 5 heteroatoms. The van der Waals surface area contributed by atoms with Gasteiger partial charge in [0.2, 0.25) is 0 Å². The molecule has 102 valence electrons. The number of hydrogen-bond acceptors (Lipinski definition) is 2. The Balaban J connectivity index is 2.79. The molecule has 3 nitrogen and oxygen atoms in total. The van der Waals surface area contributed by atoms with E-state index in [-0.39, 0.29) is 22.3 Å². The molecule has 0 amide bonds. The Morgan fingerprint density at radius 3 is 2.55 bits per heavy atom. The van der Waals surface area contributed by atoms with Gasteiger partial charge < -0.3 is 4.98 Å². The van der Waals surface area contributed by atoms with Crippen molar-refractivity contribution < 1.29 is 8.78 Å². The molecule has 0 saturated heterocycles. The summed E-state index contributed by atoms with van der Waals surface area (Å²) in [5.74, 6) is -1.97. The molecule has 2 aromatic rings. The minimum atomic E-state index is -1.04. The van der Waals surface area contributed by atoms with E-state index >= 15 is 0 Å². The topological polar surface area (TPSA) is 56.6 Å². The van der Waals surface area contributed by atoms with Gasteiger partial charge in [-0.1, -0.05) is 19.1 Å². The van der Waals surface area contributed by atoms with Crippen LogP contribution in [-0.2, 0) is 6.42 Å². The summed E-state index contributed by atoms with van der Waals surface area (Å²) in [6.45, 7) is 3.33. The number of pyridine rings is 1. The molecular formula is C15H12F2N2O. The largest absolute Gasteiger partial charge is 0.325 e. The molecule has 1 aromatic carbocycles. The van der Waals surface area contributed by atoms with Crippen LogP contribution in [0.4, 0.5) is 8.78 Å². The summed E-state index contributed by atoms with van der Waals surface area (Å²) in [6.07, 6.45) is 0.364. The molecule has 1 aromatic heterocycles. The van der Waals surface area contributed by atoms with Crippen LogP contribution in [0.2, 0.25) is 0 Å². The number of aromatic amines is 1. The second-order valence-corrected chi connectivity index (χ2v) is 4.44. The molecule has 0 spiro atoms. The Kier molecular flexibility index (Phi) is 3.66. The molecule has 0 unspecified atom stereocenters. The minimum Gasteiger partial charge on any atom is -0.325 e. The van der Waals surface area contributed by atoms with Crippen molar-refractivity contribution in [1.82, 2.24) is 4.98 Å². The first-order valence-corrected chi connectivity index (χ1v) is 6.10. The van der Waals surface area contributed by atoms with Crippen LogP contribution < -0.4 is 5.56 Å². The number of halogens is 2. The van der Waals surface area contributed by atoms with Crippen LogP contribution in [0.1, 0.15) is 23.7 Å². The van der Waals surface area contributed by atoms with Gasteiger partial charge in [-0.25, -0.2) is 8.78 Å². The van der Waals surface area contributed by atoms with Crippen molar-refractivity contribution in [2.24, 2.45) is 0 Å². The van der Waals surface area contributed by atoms with Crippen LogP contribution in [0.3, 0.4) is 0 Å². The lowest BCUT2D eigenvalue weighted by atomic mass is 9.98. The van der Waals surface area contributed by atoms with Gasteiger partial charge in [0.1, 0.15) is 11.6 Å². The Morgan fingerprint density at radius 2 is 1.95 bits per heavy atom. The highest BCUT2D eigenvalue weighted by Crippen LogP contribution is 2.28. The highest BCUT2D eigenvalue weighted by atomic mass is 19.2.